The highest BCUT2D eigenvalue weighted by atomic mass is 32.2. The van der Waals surface area contributed by atoms with Gasteiger partial charge in [-0.05, 0) is 49.1 Å². The van der Waals surface area contributed by atoms with Crippen LogP contribution in [-0.4, -0.2) is 18.7 Å². The van der Waals surface area contributed by atoms with Crippen molar-refractivity contribution in [3.63, 3.8) is 0 Å². The van der Waals surface area contributed by atoms with Crippen molar-refractivity contribution >= 4 is 23.4 Å². The van der Waals surface area contributed by atoms with Crippen LogP contribution in [-0.2, 0) is 6.42 Å². The van der Waals surface area contributed by atoms with Gasteiger partial charge in [0.15, 0.2) is 0 Å². The van der Waals surface area contributed by atoms with Crippen molar-refractivity contribution in [2.75, 3.05) is 18.1 Å². The van der Waals surface area contributed by atoms with Crippen molar-refractivity contribution in [2.45, 2.75) is 11.3 Å². The van der Waals surface area contributed by atoms with E-state index in [2.05, 4.69) is 5.32 Å². The van der Waals surface area contributed by atoms with Gasteiger partial charge in [-0.2, -0.15) is 0 Å². The molecule has 0 aliphatic carbocycles. The van der Waals surface area contributed by atoms with Crippen molar-refractivity contribution in [3.05, 3.63) is 59.7 Å². The van der Waals surface area contributed by atoms with Crippen LogP contribution in [0.25, 0.3) is 0 Å². The number of thioether (sulfide) groups is 1. The molecule has 0 heterocycles. The summed E-state index contributed by atoms with van der Waals surface area (Å²) >= 11 is 1.65. The van der Waals surface area contributed by atoms with Crippen LogP contribution in [0.1, 0.15) is 15.9 Å². The van der Waals surface area contributed by atoms with E-state index in [1.807, 2.05) is 54.8 Å². The van der Waals surface area contributed by atoms with Crippen molar-refractivity contribution in [1.82, 2.24) is 0 Å². The van der Waals surface area contributed by atoms with E-state index in [0.29, 0.717) is 18.5 Å². The number of nitrogens with two attached hydrogens (primary N) is 1. The number of rotatable bonds is 5. The molecule has 1 amide bonds. The summed E-state index contributed by atoms with van der Waals surface area (Å²) < 4.78 is 0. The second-order valence-corrected chi connectivity index (χ2v) is 5.26. The molecule has 2 rings (SSSR count). The molecule has 0 fully saturated rings. The average Bonchev–Trinajstić information content (AvgIpc) is 2.48. The van der Waals surface area contributed by atoms with Crippen LogP contribution < -0.4 is 11.1 Å². The predicted molar refractivity (Wildman–Crippen MR) is 85.4 cm³/mol. The van der Waals surface area contributed by atoms with Gasteiger partial charge in [0.1, 0.15) is 0 Å². The monoisotopic (exact) mass is 286 g/mol. The van der Waals surface area contributed by atoms with E-state index in [9.17, 15) is 4.79 Å². The van der Waals surface area contributed by atoms with E-state index in [0.717, 1.165) is 16.1 Å². The smallest absolute Gasteiger partial charge is 0.255 e. The van der Waals surface area contributed by atoms with E-state index in [-0.39, 0.29) is 5.91 Å². The largest absolute Gasteiger partial charge is 0.330 e. The second kappa shape index (κ2) is 7.12. The molecule has 0 spiro atoms. The Bertz CT molecular complexity index is 599. The number of benzene rings is 2. The number of carbonyl (C=O) groups excluding carboxylic acids is 1. The molecule has 0 atom stereocenters. The molecular formula is C16H18N2OS. The molecule has 104 valence electrons. The van der Waals surface area contributed by atoms with E-state index in [1.54, 1.807) is 11.8 Å². The summed E-state index contributed by atoms with van der Waals surface area (Å²) in [6, 6.07) is 15.4. The molecule has 3 N–H and O–H groups in total. The zero-order valence-electron chi connectivity index (χ0n) is 11.4. The quantitative estimate of drug-likeness (QED) is 0.830. The van der Waals surface area contributed by atoms with Crippen molar-refractivity contribution < 1.29 is 4.79 Å². The number of anilines is 1. The Morgan fingerprint density at radius 2 is 2.00 bits per heavy atom. The van der Waals surface area contributed by atoms with Crippen molar-refractivity contribution in [3.8, 4) is 0 Å². The molecule has 4 heteroatoms. The van der Waals surface area contributed by atoms with Gasteiger partial charge < -0.3 is 11.1 Å². The summed E-state index contributed by atoms with van der Waals surface area (Å²) in [5, 5.41) is 2.94. The fourth-order valence-corrected chi connectivity index (χ4v) is 2.47. The Hall–Kier alpha value is -1.78. The van der Waals surface area contributed by atoms with E-state index in [1.165, 1.54) is 0 Å². The number of hydrogen-bond donors (Lipinski definition) is 2. The molecule has 2 aromatic carbocycles. The fraction of sp³-hybridized carbons (Fsp3) is 0.188. The minimum absolute atomic E-state index is 0.0905. The predicted octanol–water partition coefficient (Wildman–Crippen LogP) is 3.16. The Morgan fingerprint density at radius 3 is 2.75 bits per heavy atom. The highest BCUT2D eigenvalue weighted by molar-refractivity contribution is 7.98. The van der Waals surface area contributed by atoms with Crippen LogP contribution >= 0.6 is 11.8 Å². The molecule has 0 unspecified atom stereocenters. The van der Waals surface area contributed by atoms with Crippen LogP contribution in [0.4, 0.5) is 5.69 Å². The SMILES string of the molecule is CSc1cccc(NC(=O)c2ccccc2CCN)c1. The molecule has 20 heavy (non-hydrogen) atoms. The maximum absolute atomic E-state index is 12.4. The molecule has 3 nitrogen and oxygen atoms in total. The number of carbonyl (C=O) groups is 1. The Balaban J connectivity index is 2.19. The van der Waals surface area contributed by atoms with Crippen LogP contribution in [0.2, 0.25) is 0 Å². The standard InChI is InChI=1S/C16H18N2OS/c1-20-14-7-4-6-13(11-14)18-16(19)15-8-3-2-5-12(15)9-10-17/h2-8,11H,9-10,17H2,1H3,(H,18,19). The maximum Gasteiger partial charge on any atom is 0.255 e. The summed E-state index contributed by atoms with van der Waals surface area (Å²) in [7, 11) is 0. The lowest BCUT2D eigenvalue weighted by Gasteiger charge is -2.10. The summed E-state index contributed by atoms with van der Waals surface area (Å²) in [5.41, 5.74) is 8.06. The fourth-order valence-electron chi connectivity index (χ4n) is 2.01. The highest BCUT2D eigenvalue weighted by Gasteiger charge is 2.10. The third-order valence-electron chi connectivity index (χ3n) is 3.00. The zero-order chi connectivity index (χ0) is 14.4. The average molecular weight is 286 g/mol. The number of nitrogens with one attached hydrogen (secondary N) is 1. The molecule has 0 aromatic heterocycles. The van der Waals surface area contributed by atoms with Gasteiger partial charge in [-0.1, -0.05) is 24.3 Å². The van der Waals surface area contributed by atoms with Gasteiger partial charge in [0.25, 0.3) is 5.91 Å². The zero-order valence-corrected chi connectivity index (χ0v) is 12.2. The van der Waals surface area contributed by atoms with Gasteiger partial charge in [-0.25, -0.2) is 0 Å². The summed E-state index contributed by atoms with van der Waals surface area (Å²) in [4.78, 5) is 13.5. The summed E-state index contributed by atoms with van der Waals surface area (Å²) in [6.45, 7) is 0.534. The van der Waals surface area contributed by atoms with Crippen LogP contribution in [0.3, 0.4) is 0 Å². The Kier molecular flexibility index (Phi) is 5.21. The lowest BCUT2D eigenvalue weighted by molar-refractivity contribution is 0.102. The minimum atomic E-state index is -0.0905. The summed E-state index contributed by atoms with van der Waals surface area (Å²) in [5.74, 6) is -0.0905. The van der Waals surface area contributed by atoms with E-state index < -0.39 is 0 Å². The first-order valence-electron chi connectivity index (χ1n) is 6.48. The molecule has 0 saturated heterocycles. The number of amides is 1. The topological polar surface area (TPSA) is 55.1 Å². The second-order valence-electron chi connectivity index (χ2n) is 4.38. The molecule has 0 radical (unpaired) electrons. The van der Waals surface area contributed by atoms with E-state index >= 15 is 0 Å². The Morgan fingerprint density at radius 1 is 1.20 bits per heavy atom. The van der Waals surface area contributed by atoms with Gasteiger partial charge >= 0.3 is 0 Å². The van der Waals surface area contributed by atoms with Crippen LogP contribution in [0.5, 0.6) is 0 Å². The first-order valence-corrected chi connectivity index (χ1v) is 7.70. The van der Waals surface area contributed by atoms with Crippen molar-refractivity contribution in [2.24, 2.45) is 5.73 Å². The normalized spacial score (nSPS) is 10.3. The van der Waals surface area contributed by atoms with Gasteiger partial charge in [0.05, 0.1) is 0 Å². The van der Waals surface area contributed by atoms with Gasteiger partial charge in [-0.15, -0.1) is 11.8 Å². The van der Waals surface area contributed by atoms with E-state index in [4.69, 9.17) is 5.73 Å². The minimum Gasteiger partial charge on any atom is -0.330 e. The number of hydrogen-bond acceptors (Lipinski definition) is 3. The molecular weight excluding hydrogens is 268 g/mol. The third-order valence-corrected chi connectivity index (χ3v) is 3.73. The molecule has 2 aromatic rings. The summed E-state index contributed by atoms with van der Waals surface area (Å²) in [6.07, 6.45) is 2.71. The lowest BCUT2D eigenvalue weighted by atomic mass is 10.0. The molecule has 0 aliphatic rings. The Labute approximate surface area is 123 Å². The third kappa shape index (κ3) is 3.62. The highest BCUT2D eigenvalue weighted by Crippen LogP contribution is 2.20. The first-order chi connectivity index (χ1) is 9.74. The van der Waals surface area contributed by atoms with Crippen molar-refractivity contribution in [1.29, 1.82) is 0 Å². The first kappa shape index (κ1) is 14.6. The molecule has 0 aliphatic heterocycles. The molecule has 0 bridgehead atoms. The molecule has 0 saturated carbocycles. The van der Waals surface area contributed by atoms with Gasteiger partial charge in [0.2, 0.25) is 0 Å². The lowest BCUT2D eigenvalue weighted by Crippen LogP contribution is -2.15. The van der Waals surface area contributed by atoms with Gasteiger partial charge in [-0.3, -0.25) is 4.79 Å². The maximum atomic E-state index is 12.4. The van der Waals surface area contributed by atoms with Gasteiger partial charge in [0, 0.05) is 16.1 Å². The van der Waals surface area contributed by atoms with Crippen LogP contribution in [0.15, 0.2) is 53.4 Å². The van der Waals surface area contributed by atoms with Crippen LogP contribution in [0, 0.1) is 0 Å².